The van der Waals surface area contributed by atoms with Crippen molar-refractivity contribution in [1.29, 1.82) is 0 Å². The highest BCUT2D eigenvalue weighted by atomic mass is 35.5. The molecular weight excluding hydrogens is 375 g/mol. The maximum Gasteiger partial charge on any atom is 0.307 e. The van der Waals surface area contributed by atoms with Gasteiger partial charge in [0, 0.05) is 28.2 Å². The third kappa shape index (κ3) is 5.69. The molecule has 0 saturated carbocycles. The highest BCUT2D eigenvalue weighted by molar-refractivity contribution is 6.35. The van der Waals surface area contributed by atoms with Crippen LogP contribution in [0.5, 0.6) is 0 Å². The Morgan fingerprint density at radius 1 is 1.08 bits per heavy atom. The van der Waals surface area contributed by atoms with Crippen LogP contribution in [0.25, 0.3) is 0 Å². The molecule has 8 heteroatoms. The zero-order valence-corrected chi connectivity index (χ0v) is 14.3. The Morgan fingerprint density at radius 2 is 1.84 bits per heavy atom. The van der Waals surface area contributed by atoms with Gasteiger partial charge in [-0.05, 0) is 24.3 Å². The molecule has 0 radical (unpaired) electrons. The Hall–Kier alpha value is -2.18. The van der Waals surface area contributed by atoms with Crippen LogP contribution in [-0.4, -0.2) is 18.4 Å². The van der Waals surface area contributed by atoms with Gasteiger partial charge in [0.15, 0.2) is 0 Å². The summed E-state index contributed by atoms with van der Waals surface area (Å²) in [6.07, 6.45) is -0.111. The summed E-state index contributed by atoms with van der Waals surface area (Å²) in [6.45, 7) is -0.0851. The minimum Gasteiger partial charge on any atom is -0.461 e. The molecule has 1 N–H and O–H groups in total. The molecule has 0 saturated heterocycles. The predicted octanol–water partition coefficient (Wildman–Crippen LogP) is 4.13. The SMILES string of the molecule is O=C(CCNC(=O)c1ccc(F)cc1F)OCc1ccc(Cl)cc1Cl. The second-order valence-electron chi connectivity index (χ2n) is 5.03. The molecule has 2 rings (SSSR count). The van der Waals surface area contributed by atoms with Gasteiger partial charge in [-0.25, -0.2) is 8.78 Å². The van der Waals surface area contributed by atoms with Crippen LogP contribution in [0.15, 0.2) is 36.4 Å². The molecule has 2 aromatic rings. The van der Waals surface area contributed by atoms with Crippen LogP contribution in [0.3, 0.4) is 0 Å². The zero-order chi connectivity index (χ0) is 18.4. The van der Waals surface area contributed by atoms with Crippen LogP contribution in [0.1, 0.15) is 22.3 Å². The number of esters is 1. The average Bonchev–Trinajstić information content (AvgIpc) is 2.53. The lowest BCUT2D eigenvalue weighted by molar-refractivity contribution is -0.144. The summed E-state index contributed by atoms with van der Waals surface area (Å²) in [5.41, 5.74) is 0.291. The lowest BCUT2D eigenvalue weighted by atomic mass is 10.2. The van der Waals surface area contributed by atoms with Gasteiger partial charge < -0.3 is 10.1 Å². The first-order valence-electron chi connectivity index (χ1n) is 7.19. The Kier molecular flexibility index (Phi) is 6.73. The van der Waals surface area contributed by atoms with Gasteiger partial charge in [-0.2, -0.15) is 0 Å². The van der Waals surface area contributed by atoms with Crippen LogP contribution >= 0.6 is 23.2 Å². The van der Waals surface area contributed by atoms with Crippen molar-refractivity contribution < 1.29 is 23.1 Å². The van der Waals surface area contributed by atoms with Crippen LogP contribution in [-0.2, 0) is 16.1 Å². The number of rotatable bonds is 6. The maximum absolute atomic E-state index is 13.4. The summed E-state index contributed by atoms with van der Waals surface area (Å²) in [4.78, 5) is 23.4. The standard InChI is InChI=1S/C17H13Cl2F2NO3/c18-11-2-1-10(14(19)7-11)9-25-16(23)5-6-22-17(24)13-4-3-12(20)8-15(13)21/h1-4,7-8H,5-6,9H2,(H,22,24). The van der Waals surface area contributed by atoms with E-state index in [-0.39, 0.29) is 25.1 Å². The summed E-state index contributed by atoms with van der Waals surface area (Å²) in [7, 11) is 0. The first-order chi connectivity index (χ1) is 11.9. The predicted molar refractivity (Wildman–Crippen MR) is 89.6 cm³/mol. The quantitative estimate of drug-likeness (QED) is 0.757. The van der Waals surface area contributed by atoms with E-state index in [9.17, 15) is 18.4 Å². The van der Waals surface area contributed by atoms with Gasteiger partial charge in [0.2, 0.25) is 0 Å². The van der Waals surface area contributed by atoms with Crippen LogP contribution in [0, 0.1) is 11.6 Å². The van der Waals surface area contributed by atoms with E-state index >= 15 is 0 Å². The van der Waals surface area contributed by atoms with Crippen LogP contribution in [0.4, 0.5) is 8.78 Å². The third-order valence-electron chi connectivity index (χ3n) is 3.19. The molecule has 25 heavy (non-hydrogen) atoms. The molecule has 0 fully saturated rings. The number of carbonyl (C=O) groups is 2. The second kappa shape index (κ2) is 8.78. The first-order valence-corrected chi connectivity index (χ1v) is 7.95. The van der Waals surface area contributed by atoms with E-state index in [0.29, 0.717) is 21.7 Å². The van der Waals surface area contributed by atoms with Gasteiger partial charge in [0.1, 0.15) is 18.2 Å². The number of amides is 1. The van der Waals surface area contributed by atoms with E-state index in [2.05, 4.69) is 5.32 Å². The Morgan fingerprint density at radius 3 is 2.52 bits per heavy atom. The van der Waals surface area contributed by atoms with Crippen molar-refractivity contribution in [2.24, 2.45) is 0 Å². The monoisotopic (exact) mass is 387 g/mol. The fourth-order valence-electron chi connectivity index (χ4n) is 1.92. The third-order valence-corrected chi connectivity index (χ3v) is 3.78. The summed E-state index contributed by atoms with van der Waals surface area (Å²) in [5, 5.41) is 3.21. The molecule has 0 aliphatic carbocycles. The molecule has 0 atom stereocenters. The van der Waals surface area contributed by atoms with Crippen LogP contribution < -0.4 is 5.32 Å². The minimum absolute atomic E-state index is 0.0324. The molecule has 132 valence electrons. The Balaban J connectivity index is 1.77. The van der Waals surface area contributed by atoms with Gasteiger partial charge in [-0.15, -0.1) is 0 Å². The van der Waals surface area contributed by atoms with E-state index in [4.69, 9.17) is 27.9 Å². The van der Waals surface area contributed by atoms with Gasteiger partial charge in [-0.1, -0.05) is 29.3 Å². The zero-order valence-electron chi connectivity index (χ0n) is 12.8. The fraction of sp³-hybridized carbons (Fsp3) is 0.176. The molecule has 4 nitrogen and oxygen atoms in total. The first kappa shape index (κ1) is 19.1. The van der Waals surface area contributed by atoms with Crippen molar-refractivity contribution in [2.75, 3.05) is 6.54 Å². The molecular formula is C17H13Cl2F2NO3. The lowest BCUT2D eigenvalue weighted by Gasteiger charge is -2.08. The van der Waals surface area contributed by atoms with E-state index in [1.54, 1.807) is 12.1 Å². The lowest BCUT2D eigenvalue weighted by Crippen LogP contribution is -2.27. The highest BCUT2D eigenvalue weighted by Crippen LogP contribution is 2.21. The van der Waals surface area contributed by atoms with Gasteiger partial charge in [-0.3, -0.25) is 9.59 Å². The van der Waals surface area contributed by atoms with Gasteiger partial charge >= 0.3 is 5.97 Å². The number of halogens is 4. The molecule has 0 heterocycles. The number of carbonyl (C=O) groups excluding carboxylic acids is 2. The Labute approximate surface area is 152 Å². The number of ether oxygens (including phenoxy) is 1. The second-order valence-corrected chi connectivity index (χ2v) is 5.87. The van der Waals surface area contributed by atoms with Crippen LogP contribution in [0.2, 0.25) is 10.0 Å². The minimum atomic E-state index is -0.975. The average molecular weight is 388 g/mol. The molecule has 1 amide bonds. The molecule has 0 unspecified atom stereocenters. The summed E-state index contributed by atoms with van der Waals surface area (Å²) in [5.74, 6) is -3.06. The van der Waals surface area contributed by atoms with Crippen molar-refractivity contribution in [3.63, 3.8) is 0 Å². The van der Waals surface area contributed by atoms with Gasteiger partial charge in [0.05, 0.1) is 12.0 Å². The molecule has 0 bridgehead atoms. The summed E-state index contributed by atoms with van der Waals surface area (Å²) in [6, 6.07) is 7.40. The molecule has 2 aromatic carbocycles. The molecule has 0 aromatic heterocycles. The smallest absolute Gasteiger partial charge is 0.307 e. The van der Waals surface area contributed by atoms with Crippen molar-refractivity contribution in [3.8, 4) is 0 Å². The molecule has 0 aliphatic heterocycles. The molecule has 0 aliphatic rings. The number of nitrogens with one attached hydrogen (secondary N) is 1. The maximum atomic E-state index is 13.4. The number of hydrogen-bond donors (Lipinski definition) is 1. The Bertz CT molecular complexity index is 799. The van der Waals surface area contributed by atoms with E-state index in [0.717, 1.165) is 12.1 Å². The topological polar surface area (TPSA) is 55.4 Å². The number of hydrogen-bond acceptors (Lipinski definition) is 3. The summed E-state index contributed by atoms with van der Waals surface area (Å²) >= 11 is 11.7. The normalized spacial score (nSPS) is 10.4. The van der Waals surface area contributed by atoms with Crippen molar-refractivity contribution in [1.82, 2.24) is 5.32 Å². The fourth-order valence-corrected chi connectivity index (χ4v) is 2.38. The largest absolute Gasteiger partial charge is 0.461 e. The van der Waals surface area contributed by atoms with E-state index in [1.807, 2.05) is 0 Å². The van der Waals surface area contributed by atoms with Crippen molar-refractivity contribution >= 4 is 35.1 Å². The van der Waals surface area contributed by atoms with Gasteiger partial charge in [0.25, 0.3) is 5.91 Å². The highest BCUT2D eigenvalue weighted by Gasteiger charge is 2.13. The number of benzene rings is 2. The van der Waals surface area contributed by atoms with Crippen molar-refractivity contribution in [2.45, 2.75) is 13.0 Å². The van der Waals surface area contributed by atoms with Crippen molar-refractivity contribution in [3.05, 3.63) is 69.2 Å². The van der Waals surface area contributed by atoms with E-state index in [1.165, 1.54) is 6.07 Å². The summed E-state index contributed by atoms with van der Waals surface area (Å²) < 4.78 is 31.3. The van der Waals surface area contributed by atoms with E-state index < -0.39 is 23.5 Å². The molecule has 0 spiro atoms.